The van der Waals surface area contributed by atoms with E-state index in [2.05, 4.69) is 20.3 Å². The van der Waals surface area contributed by atoms with Crippen LogP contribution in [0, 0.1) is 0 Å². The first-order chi connectivity index (χ1) is 10.3. The summed E-state index contributed by atoms with van der Waals surface area (Å²) in [7, 11) is 0. The van der Waals surface area contributed by atoms with Crippen molar-refractivity contribution in [3.63, 3.8) is 0 Å². The van der Waals surface area contributed by atoms with Crippen molar-refractivity contribution in [1.82, 2.24) is 25.0 Å². The first-order valence-corrected chi connectivity index (χ1v) is 6.54. The Labute approximate surface area is 120 Å². The lowest BCUT2D eigenvalue weighted by Crippen LogP contribution is -2.02. The Morgan fingerprint density at radius 1 is 0.952 bits per heavy atom. The molecule has 2 aromatic heterocycles. The van der Waals surface area contributed by atoms with Crippen molar-refractivity contribution < 1.29 is 0 Å². The van der Waals surface area contributed by atoms with Gasteiger partial charge in [0.15, 0.2) is 17.3 Å². The highest BCUT2D eigenvalue weighted by Gasteiger charge is 2.16. The Bertz CT molecular complexity index is 873. The van der Waals surface area contributed by atoms with E-state index in [4.69, 9.17) is 5.73 Å². The number of hydrogen-bond donors (Lipinski definition) is 2. The topological polar surface area (TPSA) is 85.4 Å². The summed E-state index contributed by atoms with van der Waals surface area (Å²) in [6, 6.07) is 17.4. The third-order valence-electron chi connectivity index (χ3n) is 3.32. The zero-order chi connectivity index (χ0) is 14.2. The van der Waals surface area contributed by atoms with Crippen molar-refractivity contribution in [2.24, 2.45) is 0 Å². The summed E-state index contributed by atoms with van der Waals surface area (Å²) in [6.45, 7) is 0. The van der Waals surface area contributed by atoms with E-state index in [1.54, 1.807) is 4.68 Å². The molecule has 21 heavy (non-hydrogen) atoms. The summed E-state index contributed by atoms with van der Waals surface area (Å²) in [5.74, 6) is 1.08. The van der Waals surface area contributed by atoms with Gasteiger partial charge in [0.25, 0.3) is 0 Å². The van der Waals surface area contributed by atoms with E-state index in [1.807, 2.05) is 54.6 Å². The Morgan fingerprint density at radius 2 is 1.71 bits per heavy atom. The van der Waals surface area contributed by atoms with Crippen molar-refractivity contribution in [2.75, 3.05) is 5.73 Å². The number of hydrogen-bond acceptors (Lipinski definition) is 4. The van der Waals surface area contributed by atoms with Gasteiger partial charge in [0.2, 0.25) is 0 Å². The number of H-pyrrole nitrogens is 1. The quantitative estimate of drug-likeness (QED) is 0.588. The SMILES string of the molecule is Nc1c(-c2nc3ccccc3[nH]2)nnn1-c1ccccc1. The monoisotopic (exact) mass is 276 g/mol. The summed E-state index contributed by atoms with van der Waals surface area (Å²) in [5.41, 5.74) is 9.41. The number of rotatable bonds is 2. The van der Waals surface area contributed by atoms with Gasteiger partial charge in [-0.1, -0.05) is 35.5 Å². The van der Waals surface area contributed by atoms with Gasteiger partial charge >= 0.3 is 0 Å². The molecule has 0 fully saturated rings. The Morgan fingerprint density at radius 3 is 2.52 bits per heavy atom. The van der Waals surface area contributed by atoms with E-state index in [9.17, 15) is 0 Å². The second-order valence-electron chi connectivity index (χ2n) is 4.67. The molecule has 2 heterocycles. The van der Waals surface area contributed by atoms with Crippen molar-refractivity contribution >= 4 is 16.9 Å². The van der Waals surface area contributed by atoms with Gasteiger partial charge in [-0.25, -0.2) is 4.98 Å². The van der Waals surface area contributed by atoms with Crippen LogP contribution in [-0.4, -0.2) is 25.0 Å². The molecule has 0 aliphatic heterocycles. The molecule has 0 saturated carbocycles. The minimum Gasteiger partial charge on any atom is -0.382 e. The predicted molar refractivity (Wildman–Crippen MR) is 80.9 cm³/mol. The second-order valence-corrected chi connectivity index (χ2v) is 4.67. The van der Waals surface area contributed by atoms with Gasteiger partial charge in [-0.15, -0.1) is 5.10 Å². The standard InChI is InChI=1S/C15H12N6/c16-14-13(15-17-11-8-4-5-9-12(11)18-15)19-20-21(14)10-6-2-1-3-7-10/h1-9H,16H2,(H,17,18). The summed E-state index contributed by atoms with van der Waals surface area (Å²) < 4.78 is 1.60. The molecule has 0 aliphatic rings. The van der Waals surface area contributed by atoms with Crippen LogP contribution in [0.2, 0.25) is 0 Å². The van der Waals surface area contributed by atoms with Gasteiger partial charge in [0.05, 0.1) is 16.7 Å². The summed E-state index contributed by atoms with van der Waals surface area (Å²) in [4.78, 5) is 7.71. The van der Waals surface area contributed by atoms with E-state index in [0.717, 1.165) is 16.7 Å². The number of aromatic nitrogens is 5. The summed E-state index contributed by atoms with van der Waals surface area (Å²) in [6.07, 6.45) is 0. The lowest BCUT2D eigenvalue weighted by Gasteiger charge is -2.01. The van der Waals surface area contributed by atoms with Crippen LogP contribution in [0.1, 0.15) is 0 Å². The summed E-state index contributed by atoms with van der Waals surface area (Å²) in [5, 5.41) is 8.27. The number of nitrogen functional groups attached to an aromatic ring is 1. The van der Waals surface area contributed by atoms with Gasteiger partial charge < -0.3 is 10.7 Å². The van der Waals surface area contributed by atoms with Crippen LogP contribution < -0.4 is 5.73 Å². The van der Waals surface area contributed by atoms with Crippen molar-refractivity contribution in [3.05, 3.63) is 54.6 Å². The number of imidazole rings is 1. The van der Waals surface area contributed by atoms with Crippen LogP contribution >= 0.6 is 0 Å². The summed E-state index contributed by atoms with van der Waals surface area (Å²) >= 11 is 0. The number of para-hydroxylation sites is 3. The molecule has 6 nitrogen and oxygen atoms in total. The van der Waals surface area contributed by atoms with Crippen LogP contribution in [0.15, 0.2) is 54.6 Å². The molecular formula is C15H12N6. The number of nitrogens with one attached hydrogen (secondary N) is 1. The van der Waals surface area contributed by atoms with Gasteiger partial charge in [-0.3, -0.25) is 0 Å². The van der Waals surface area contributed by atoms with E-state index >= 15 is 0 Å². The van der Waals surface area contributed by atoms with E-state index < -0.39 is 0 Å². The molecule has 0 aliphatic carbocycles. The van der Waals surface area contributed by atoms with Gasteiger partial charge in [-0.05, 0) is 24.3 Å². The minimum atomic E-state index is 0.459. The zero-order valence-electron chi connectivity index (χ0n) is 11.1. The van der Waals surface area contributed by atoms with Crippen molar-refractivity contribution in [2.45, 2.75) is 0 Å². The third-order valence-corrected chi connectivity index (χ3v) is 3.32. The smallest absolute Gasteiger partial charge is 0.172 e. The first kappa shape index (κ1) is 11.7. The number of aromatic amines is 1. The maximum atomic E-state index is 6.17. The fraction of sp³-hybridized carbons (Fsp3) is 0. The Balaban J connectivity index is 1.85. The minimum absolute atomic E-state index is 0.459. The van der Waals surface area contributed by atoms with E-state index in [0.29, 0.717) is 17.3 Å². The fourth-order valence-corrected chi connectivity index (χ4v) is 2.28. The molecule has 3 N–H and O–H groups in total. The molecule has 0 bridgehead atoms. The number of nitrogens with zero attached hydrogens (tertiary/aromatic N) is 4. The average Bonchev–Trinajstić information content (AvgIpc) is 3.11. The van der Waals surface area contributed by atoms with Crippen LogP contribution in [0.25, 0.3) is 28.2 Å². The lowest BCUT2D eigenvalue weighted by molar-refractivity contribution is 0.810. The predicted octanol–water partition coefficient (Wildman–Crippen LogP) is 2.39. The molecule has 6 heteroatoms. The Hall–Kier alpha value is -3.15. The normalized spacial score (nSPS) is 11.0. The third kappa shape index (κ3) is 1.85. The maximum Gasteiger partial charge on any atom is 0.172 e. The molecular weight excluding hydrogens is 264 g/mol. The molecule has 102 valence electrons. The highest BCUT2D eigenvalue weighted by molar-refractivity contribution is 5.80. The molecule has 0 spiro atoms. The van der Waals surface area contributed by atoms with Crippen LogP contribution in [0.3, 0.4) is 0 Å². The van der Waals surface area contributed by atoms with Gasteiger partial charge in [0, 0.05) is 0 Å². The first-order valence-electron chi connectivity index (χ1n) is 6.54. The molecule has 4 aromatic rings. The average molecular weight is 276 g/mol. The number of anilines is 1. The fourth-order valence-electron chi connectivity index (χ4n) is 2.28. The zero-order valence-corrected chi connectivity index (χ0v) is 11.1. The van der Waals surface area contributed by atoms with Gasteiger partial charge in [-0.2, -0.15) is 4.68 Å². The van der Waals surface area contributed by atoms with Crippen molar-refractivity contribution in [1.29, 1.82) is 0 Å². The molecule has 0 unspecified atom stereocenters. The molecule has 0 radical (unpaired) electrons. The number of benzene rings is 2. The molecule has 0 atom stereocenters. The maximum absolute atomic E-state index is 6.17. The number of nitrogens with two attached hydrogens (primary N) is 1. The number of fused-ring (bicyclic) bond motifs is 1. The molecule has 0 amide bonds. The van der Waals surface area contributed by atoms with Crippen molar-refractivity contribution in [3.8, 4) is 17.2 Å². The van der Waals surface area contributed by atoms with Gasteiger partial charge in [0.1, 0.15) is 0 Å². The van der Waals surface area contributed by atoms with Crippen LogP contribution in [0.5, 0.6) is 0 Å². The van der Waals surface area contributed by atoms with Crippen LogP contribution in [0.4, 0.5) is 5.82 Å². The highest BCUT2D eigenvalue weighted by Crippen LogP contribution is 2.24. The highest BCUT2D eigenvalue weighted by atomic mass is 15.5. The molecule has 4 rings (SSSR count). The Kier molecular flexibility index (Phi) is 2.47. The molecule has 2 aromatic carbocycles. The largest absolute Gasteiger partial charge is 0.382 e. The molecule has 0 saturated heterocycles. The van der Waals surface area contributed by atoms with Crippen LogP contribution in [-0.2, 0) is 0 Å². The van der Waals surface area contributed by atoms with E-state index in [-0.39, 0.29) is 0 Å². The van der Waals surface area contributed by atoms with E-state index in [1.165, 1.54) is 0 Å². The lowest BCUT2D eigenvalue weighted by atomic mass is 10.3. The second kappa shape index (κ2) is 4.45.